The molecule has 1 N–H and O–H groups in total. The first-order chi connectivity index (χ1) is 10.4. The van der Waals surface area contributed by atoms with Gasteiger partial charge in [-0.2, -0.15) is 5.10 Å². The van der Waals surface area contributed by atoms with Crippen LogP contribution in [0.1, 0.15) is 32.0 Å². The van der Waals surface area contributed by atoms with Crippen molar-refractivity contribution in [1.82, 2.24) is 20.1 Å². The molecule has 1 amide bonds. The molecule has 3 heterocycles. The fourth-order valence-electron chi connectivity index (χ4n) is 2.52. The van der Waals surface area contributed by atoms with Crippen LogP contribution in [0.4, 0.5) is 4.79 Å². The average molecular weight is 300 g/mol. The van der Waals surface area contributed by atoms with Crippen molar-refractivity contribution < 1.29 is 9.53 Å². The molecule has 0 fully saturated rings. The molecule has 0 radical (unpaired) electrons. The van der Waals surface area contributed by atoms with Crippen molar-refractivity contribution in [3.63, 3.8) is 0 Å². The first-order valence-electron chi connectivity index (χ1n) is 7.38. The van der Waals surface area contributed by atoms with Gasteiger partial charge >= 0.3 is 6.09 Å². The highest BCUT2D eigenvalue weighted by Gasteiger charge is 2.28. The Balaban J connectivity index is 1.83. The van der Waals surface area contributed by atoms with E-state index in [4.69, 9.17) is 4.74 Å². The molecule has 0 saturated carbocycles. The summed E-state index contributed by atoms with van der Waals surface area (Å²) >= 11 is 0. The molecule has 0 aliphatic carbocycles. The van der Waals surface area contributed by atoms with E-state index in [2.05, 4.69) is 15.2 Å². The molecule has 0 saturated heterocycles. The van der Waals surface area contributed by atoms with Gasteiger partial charge in [0.25, 0.3) is 0 Å². The third-order valence-electron chi connectivity index (χ3n) is 3.52. The third kappa shape index (κ3) is 2.95. The van der Waals surface area contributed by atoms with Gasteiger partial charge in [-0.05, 0) is 32.9 Å². The Labute approximate surface area is 129 Å². The molecule has 2 aromatic rings. The Morgan fingerprint density at radius 2 is 2.23 bits per heavy atom. The lowest BCUT2D eigenvalue weighted by atomic mass is 10.0. The number of aromatic nitrogens is 3. The molecule has 0 bridgehead atoms. The number of pyridine rings is 1. The molecule has 0 spiro atoms. The van der Waals surface area contributed by atoms with Crippen LogP contribution in [0.5, 0.6) is 0 Å². The second-order valence-corrected chi connectivity index (χ2v) is 6.42. The van der Waals surface area contributed by atoms with Crippen LogP contribution in [0.15, 0.2) is 24.5 Å². The first kappa shape index (κ1) is 14.6. The van der Waals surface area contributed by atoms with Crippen molar-refractivity contribution in [3.8, 4) is 11.3 Å². The summed E-state index contributed by atoms with van der Waals surface area (Å²) in [4.78, 5) is 18.1. The van der Waals surface area contributed by atoms with E-state index < -0.39 is 5.60 Å². The molecule has 0 aromatic carbocycles. The summed E-state index contributed by atoms with van der Waals surface area (Å²) in [5.41, 5.74) is 3.45. The number of carbonyl (C=O) groups excluding carboxylic acids is 1. The monoisotopic (exact) mass is 300 g/mol. The summed E-state index contributed by atoms with van der Waals surface area (Å²) in [6, 6.07) is 3.85. The molecule has 1 aliphatic rings. The van der Waals surface area contributed by atoms with Crippen molar-refractivity contribution in [2.24, 2.45) is 0 Å². The maximum Gasteiger partial charge on any atom is 0.410 e. The molecule has 0 unspecified atom stereocenters. The Morgan fingerprint density at radius 3 is 2.91 bits per heavy atom. The highest BCUT2D eigenvalue weighted by Crippen LogP contribution is 2.28. The van der Waals surface area contributed by atoms with Crippen molar-refractivity contribution in [3.05, 3.63) is 35.8 Å². The predicted octanol–water partition coefficient (Wildman–Crippen LogP) is 2.76. The van der Waals surface area contributed by atoms with E-state index in [1.807, 2.05) is 32.9 Å². The number of ether oxygens (including phenoxy) is 1. The highest BCUT2D eigenvalue weighted by atomic mass is 16.6. The highest BCUT2D eigenvalue weighted by molar-refractivity contribution is 5.70. The predicted molar refractivity (Wildman–Crippen MR) is 82.2 cm³/mol. The van der Waals surface area contributed by atoms with Gasteiger partial charge in [0.05, 0.1) is 12.2 Å². The van der Waals surface area contributed by atoms with Crippen LogP contribution in [-0.4, -0.2) is 38.3 Å². The van der Waals surface area contributed by atoms with Gasteiger partial charge < -0.3 is 9.64 Å². The Kier molecular flexibility index (Phi) is 3.60. The minimum Gasteiger partial charge on any atom is -0.444 e. The molecule has 3 rings (SSSR count). The SMILES string of the molecule is CC(C)(C)OC(=O)N1CCc2[nH]nc(-c3cccnc3)c2C1. The molecule has 6 heteroatoms. The summed E-state index contributed by atoms with van der Waals surface area (Å²) in [6.07, 6.45) is 3.98. The minimum atomic E-state index is -0.486. The molecule has 6 nitrogen and oxygen atoms in total. The van der Waals surface area contributed by atoms with Gasteiger partial charge in [0.15, 0.2) is 0 Å². The van der Waals surface area contributed by atoms with E-state index in [9.17, 15) is 4.79 Å². The molecular weight excluding hydrogens is 280 g/mol. The quantitative estimate of drug-likeness (QED) is 0.879. The van der Waals surface area contributed by atoms with Crippen molar-refractivity contribution in [2.75, 3.05) is 6.54 Å². The maximum atomic E-state index is 12.3. The number of hydrogen-bond acceptors (Lipinski definition) is 4. The van der Waals surface area contributed by atoms with E-state index in [1.165, 1.54) is 0 Å². The van der Waals surface area contributed by atoms with Gasteiger partial charge in [0, 0.05) is 42.2 Å². The van der Waals surface area contributed by atoms with Gasteiger partial charge in [0.1, 0.15) is 5.60 Å². The zero-order valence-electron chi connectivity index (χ0n) is 13.1. The van der Waals surface area contributed by atoms with E-state index in [1.54, 1.807) is 17.3 Å². The van der Waals surface area contributed by atoms with Gasteiger partial charge in [-0.3, -0.25) is 10.1 Å². The van der Waals surface area contributed by atoms with Gasteiger partial charge in [-0.15, -0.1) is 0 Å². The molecule has 2 aromatic heterocycles. The largest absolute Gasteiger partial charge is 0.444 e. The Hall–Kier alpha value is -2.37. The van der Waals surface area contributed by atoms with Crippen molar-refractivity contribution >= 4 is 6.09 Å². The number of aromatic amines is 1. The fraction of sp³-hybridized carbons (Fsp3) is 0.438. The van der Waals surface area contributed by atoms with Gasteiger partial charge in [-0.1, -0.05) is 0 Å². The van der Waals surface area contributed by atoms with Crippen molar-refractivity contribution in [1.29, 1.82) is 0 Å². The lowest BCUT2D eigenvalue weighted by molar-refractivity contribution is 0.0224. The fourth-order valence-corrected chi connectivity index (χ4v) is 2.52. The van der Waals surface area contributed by atoms with Gasteiger partial charge in [0.2, 0.25) is 0 Å². The van der Waals surface area contributed by atoms with Crippen LogP contribution < -0.4 is 0 Å². The second-order valence-electron chi connectivity index (χ2n) is 6.42. The summed E-state index contributed by atoms with van der Waals surface area (Å²) in [7, 11) is 0. The van der Waals surface area contributed by atoms with Crippen molar-refractivity contribution in [2.45, 2.75) is 39.3 Å². The lowest BCUT2D eigenvalue weighted by Gasteiger charge is -2.30. The minimum absolute atomic E-state index is 0.281. The molecule has 1 aliphatic heterocycles. The Morgan fingerprint density at radius 1 is 1.41 bits per heavy atom. The number of amides is 1. The van der Waals surface area contributed by atoms with E-state index in [0.29, 0.717) is 13.1 Å². The third-order valence-corrected chi connectivity index (χ3v) is 3.52. The van der Waals surface area contributed by atoms with E-state index in [0.717, 1.165) is 28.9 Å². The van der Waals surface area contributed by atoms with E-state index in [-0.39, 0.29) is 6.09 Å². The zero-order valence-corrected chi connectivity index (χ0v) is 13.1. The number of nitrogens with one attached hydrogen (secondary N) is 1. The van der Waals surface area contributed by atoms with Gasteiger partial charge in [-0.25, -0.2) is 4.79 Å². The number of carbonyl (C=O) groups is 1. The van der Waals surface area contributed by atoms with Crippen LogP contribution in [0.2, 0.25) is 0 Å². The van der Waals surface area contributed by atoms with Crippen LogP contribution in [0.25, 0.3) is 11.3 Å². The summed E-state index contributed by atoms with van der Waals surface area (Å²) in [6.45, 7) is 6.76. The summed E-state index contributed by atoms with van der Waals surface area (Å²) in [5.74, 6) is 0. The lowest BCUT2D eigenvalue weighted by Crippen LogP contribution is -2.39. The van der Waals surface area contributed by atoms with Crippen LogP contribution >= 0.6 is 0 Å². The molecule has 0 atom stereocenters. The topological polar surface area (TPSA) is 71.1 Å². The van der Waals surface area contributed by atoms with Crippen LogP contribution in [-0.2, 0) is 17.7 Å². The number of hydrogen-bond donors (Lipinski definition) is 1. The number of H-pyrrole nitrogens is 1. The number of fused-ring (bicyclic) bond motifs is 1. The summed E-state index contributed by atoms with van der Waals surface area (Å²) in [5, 5.41) is 7.47. The second kappa shape index (κ2) is 5.44. The van der Waals surface area contributed by atoms with Crippen LogP contribution in [0.3, 0.4) is 0 Å². The smallest absolute Gasteiger partial charge is 0.410 e. The van der Waals surface area contributed by atoms with E-state index >= 15 is 0 Å². The molecule has 22 heavy (non-hydrogen) atoms. The standard InChI is InChI=1S/C16H20N4O2/c1-16(2,3)22-15(21)20-8-6-13-12(10-20)14(19-18-13)11-5-4-7-17-9-11/h4-5,7,9H,6,8,10H2,1-3H3,(H,18,19). The maximum absolute atomic E-state index is 12.3. The average Bonchev–Trinajstić information content (AvgIpc) is 2.89. The molecular formula is C16H20N4O2. The first-order valence-corrected chi connectivity index (χ1v) is 7.38. The normalized spacial score (nSPS) is 14.6. The Bertz CT molecular complexity index is 673. The zero-order chi connectivity index (χ0) is 15.7. The van der Waals surface area contributed by atoms with Crippen LogP contribution in [0, 0.1) is 0 Å². The number of nitrogens with zero attached hydrogens (tertiary/aromatic N) is 3. The molecule has 116 valence electrons. The number of rotatable bonds is 1. The summed E-state index contributed by atoms with van der Waals surface area (Å²) < 4.78 is 5.46.